The third kappa shape index (κ3) is 7.34. The Bertz CT molecular complexity index is 344. The van der Waals surface area contributed by atoms with E-state index in [-0.39, 0.29) is 0 Å². The van der Waals surface area contributed by atoms with Gasteiger partial charge in [0.1, 0.15) is 0 Å². The lowest BCUT2D eigenvalue weighted by molar-refractivity contribution is 0.225. The van der Waals surface area contributed by atoms with Gasteiger partial charge in [-0.2, -0.15) is 0 Å². The molecule has 0 heterocycles. The van der Waals surface area contributed by atoms with E-state index in [9.17, 15) is 0 Å². The molecule has 0 bridgehead atoms. The van der Waals surface area contributed by atoms with Gasteiger partial charge in [0.2, 0.25) is 0 Å². The summed E-state index contributed by atoms with van der Waals surface area (Å²) in [5.41, 5.74) is 1.76. The van der Waals surface area contributed by atoms with Gasteiger partial charge in [0, 0.05) is 19.1 Å². The van der Waals surface area contributed by atoms with Crippen molar-refractivity contribution in [2.45, 2.75) is 39.7 Å². The minimum absolute atomic E-state index is 0.324. The highest BCUT2D eigenvalue weighted by Crippen LogP contribution is 2.15. The van der Waals surface area contributed by atoms with Crippen LogP contribution in [0.4, 0.5) is 0 Å². The normalized spacial score (nSPS) is 13.8. The minimum atomic E-state index is 0.324. The summed E-state index contributed by atoms with van der Waals surface area (Å²) >= 11 is 0. The number of rotatable bonds is 8. The summed E-state index contributed by atoms with van der Waals surface area (Å²) < 4.78 is 0. The van der Waals surface area contributed by atoms with E-state index in [1.807, 2.05) is 0 Å². The molecule has 2 heteroatoms. The number of hydrogen-bond donors (Lipinski definition) is 1. The SMILES string of the molecule is CC(CCc1ccccc1)NCC(C)(C)CN(C)C. The molecule has 0 amide bonds. The zero-order chi connectivity index (χ0) is 14.3. The van der Waals surface area contributed by atoms with Crippen LogP contribution in [0.1, 0.15) is 32.8 Å². The van der Waals surface area contributed by atoms with Crippen molar-refractivity contribution in [3.63, 3.8) is 0 Å². The van der Waals surface area contributed by atoms with E-state index in [2.05, 4.69) is 75.4 Å². The van der Waals surface area contributed by atoms with E-state index in [0.717, 1.165) is 19.5 Å². The first kappa shape index (κ1) is 16.2. The first-order valence-corrected chi connectivity index (χ1v) is 7.31. The average Bonchev–Trinajstić information content (AvgIpc) is 2.34. The summed E-state index contributed by atoms with van der Waals surface area (Å²) in [6.07, 6.45) is 2.35. The third-order valence-electron chi connectivity index (χ3n) is 3.38. The Labute approximate surface area is 119 Å². The zero-order valence-electron chi connectivity index (χ0n) is 13.2. The summed E-state index contributed by atoms with van der Waals surface area (Å²) in [6.45, 7) is 9.12. The topological polar surface area (TPSA) is 15.3 Å². The van der Waals surface area contributed by atoms with Crippen LogP contribution in [-0.2, 0) is 6.42 Å². The highest BCUT2D eigenvalue weighted by molar-refractivity contribution is 5.14. The summed E-state index contributed by atoms with van der Waals surface area (Å²) in [4.78, 5) is 2.26. The summed E-state index contributed by atoms with van der Waals surface area (Å²) in [5, 5.41) is 3.67. The first-order valence-electron chi connectivity index (χ1n) is 7.31. The summed E-state index contributed by atoms with van der Waals surface area (Å²) in [7, 11) is 4.28. The van der Waals surface area contributed by atoms with Gasteiger partial charge in [-0.15, -0.1) is 0 Å². The molecule has 1 aromatic rings. The molecule has 0 aromatic heterocycles. The van der Waals surface area contributed by atoms with Crippen molar-refractivity contribution in [2.75, 3.05) is 27.2 Å². The van der Waals surface area contributed by atoms with Crippen molar-refractivity contribution in [1.82, 2.24) is 10.2 Å². The Morgan fingerprint density at radius 2 is 1.79 bits per heavy atom. The van der Waals surface area contributed by atoms with Crippen molar-refractivity contribution < 1.29 is 0 Å². The average molecular weight is 262 g/mol. The van der Waals surface area contributed by atoms with E-state index in [0.29, 0.717) is 11.5 Å². The Morgan fingerprint density at radius 3 is 2.37 bits per heavy atom. The van der Waals surface area contributed by atoms with Gasteiger partial charge in [-0.05, 0) is 44.8 Å². The fraction of sp³-hybridized carbons (Fsp3) is 0.647. The highest BCUT2D eigenvalue weighted by Gasteiger charge is 2.19. The molecular formula is C17H30N2. The Kier molecular flexibility index (Phi) is 6.53. The molecule has 19 heavy (non-hydrogen) atoms. The van der Waals surface area contributed by atoms with E-state index >= 15 is 0 Å². The number of benzene rings is 1. The maximum absolute atomic E-state index is 3.67. The van der Waals surface area contributed by atoms with E-state index in [1.165, 1.54) is 12.0 Å². The molecule has 0 saturated carbocycles. The van der Waals surface area contributed by atoms with Crippen molar-refractivity contribution in [1.29, 1.82) is 0 Å². The lowest BCUT2D eigenvalue weighted by Crippen LogP contribution is -2.40. The van der Waals surface area contributed by atoms with Crippen LogP contribution in [0.2, 0.25) is 0 Å². The number of aryl methyl sites for hydroxylation is 1. The quantitative estimate of drug-likeness (QED) is 0.774. The van der Waals surface area contributed by atoms with Gasteiger partial charge in [-0.3, -0.25) is 0 Å². The molecule has 1 aromatic carbocycles. The van der Waals surface area contributed by atoms with Crippen LogP contribution in [0, 0.1) is 5.41 Å². The lowest BCUT2D eigenvalue weighted by Gasteiger charge is -2.30. The fourth-order valence-corrected chi connectivity index (χ4v) is 2.49. The van der Waals surface area contributed by atoms with Gasteiger partial charge < -0.3 is 10.2 Å². The molecule has 0 fully saturated rings. The number of nitrogens with one attached hydrogen (secondary N) is 1. The lowest BCUT2D eigenvalue weighted by atomic mass is 9.92. The largest absolute Gasteiger partial charge is 0.314 e. The molecule has 1 atom stereocenters. The minimum Gasteiger partial charge on any atom is -0.314 e. The molecule has 1 unspecified atom stereocenters. The van der Waals surface area contributed by atoms with E-state index in [4.69, 9.17) is 0 Å². The predicted octanol–water partition coefficient (Wildman–Crippen LogP) is 3.19. The monoisotopic (exact) mass is 262 g/mol. The van der Waals surface area contributed by atoms with Crippen LogP contribution in [0.25, 0.3) is 0 Å². The third-order valence-corrected chi connectivity index (χ3v) is 3.38. The Hall–Kier alpha value is -0.860. The van der Waals surface area contributed by atoms with Gasteiger partial charge >= 0.3 is 0 Å². The Balaban J connectivity index is 2.26. The molecule has 0 aliphatic heterocycles. The van der Waals surface area contributed by atoms with Crippen LogP contribution in [0.3, 0.4) is 0 Å². The van der Waals surface area contributed by atoms with Crippen molar-refractivity contribution in [2.24, 2.45) is 5.41 Å². The Morgan fingerprint density at radius 1 is 1.16 bits per heavy atom. The van der Waals surface area contributed by atoms with Crippen LogP contribution in [-0.4, -0.2) is 38.1 Å². The van der Waals surface area contributed by atoms with Crippen molar-refractivity contribution >= 4 is 0 Å². The van der Waals surface area contributed by atoms with Crippen LogP contribution < -0.4 is 5.32 Å². The number of nitrogens with zero attached hydrogens (tertiary/aromatic N) is 1. The molecule has 0 spiro atoms. The van der Waals surface area contributed by atoms with Crippen molar-refractivity contribution in [3.8, 4) is 0 Å². The van der Waals surface area contributed by atoms with Gasteiger partial charge in [0.25, 0.3) is 0 Å². The second-order valence-electron chi connectivity index (χ2n) is 6.71. The summed E-state index contributed by atoms with van der Waals surface area (Å²) in [6, 6.07) is 11.3. The van der Waals surface area contributed by atoms with E-state index < -0.39 is 0 Å². The number of hydrogen-bond acceptors (Lipinski definition) is 2. The molecule has 0 radical (unpaired) electrons. The molecule has 0 aliphatic rings. The van der Waals surface area contributed by atoms with Crippen LogP contribution >= 0.6 is 0 Å². The van der Waals surface area contributed by atoms with Crippen LogP contribution in [0.15, 0.2) is 30.3 Å². The molecule has 0 aliphatic carbocycles. The second-order valence-corrected chi connectivity index (χ2v) is 6.71. The van der Waals surface area contributed by atoms with Gasteiger partial charge in [0.05, 0.1) is 0 Å². The van der Waals surface area contributed by atoms with Gasteiger partial charge in [-0.1, -0.05) is 44.2 Å². The highest BCUT2D eigenvalue weighted by atomic mass is 15.1. The van der Waals surface area contributed by atoms with E-state index in [1.54, 1.807) is 0 Å². The molecule has 0 saturated heterocycles. The molecule has 2 nitrogen and oxygen atoms in total. The predicted molar refractivity (Wildman–Crippen MR) is 84.6 cm³/mol. The summed E-state index contributed by atoms with van der Waals surface area (Å²) in [5.74, 6) is 0. The maximum Gasteiger partial charge on any atom is 0.00421 e. The van der Waals surface area contributed by atoms with Gasteiger partial charge in [-0.25, -0.2) is 0 Å². The second kappa shape index (κ2) is 7.66. The van der Waals surface area contributed by atoms with Gasteiger partial charge in [0.15, 0.2) is 0 Å². The maximum atomic E-state index is 3.67. The molecule has 1 rings (SSSR count). The first-order chi connectivity index (χ1) is 8.89. The van der Waals surface area contributed by atoms with Crippen molar-refractivity contribution in [3.05, 3.63) is 35.9 Å². The standard InChI is InChI=1S/C17H30N2/c1-15(11-12-16-9-7-6-8-10-16)18-13-17(2,3)14-19(4)5/h6-10,15,18H,11-14H2,1-5H3. The molecular weight excluding hydrogens is 232 g/mol. The zero-order valence-corrected chi connectivity index (χ0v) is 13.2. The molecule has 108 valence electrons. The fourth-order valence-electron chi connectivity index (χ4n) is 2.49. The van der Waals surface area contributed by atoms with Crippen LogP contribution in [0.5, 0.6) is 0 Å². The smallest absolute Gasteiger partial charge is 0.00421 e. The molecule has 1 N–H and O–H groups in total.